The molecule has 1 fully saturated rings. The SMILES string of the molecule is CNCC1CN(C)CCN1c1ccccc1C(C)C. The highest BCUT2D eigenvalue weighted by Crippen LogP contribution is 2.29. The Morgan fingerprint density at radius 3 is 2.68 bits per heavy atom. The maximum atomic E-state index is 3.34. The summed E-state index contributed by atoms with van der Waals surface area (Å²) in [4.78, 5) is 5.02. The van der Waals surface area contributed by atoms with Gasteiger partial charge in [-0.15, -0.1) is 0 Å². The molecule has 1 aromatic rings. The fraction of sp³-hybridized carbons (Fsp3) is 0.625. The number of para-hydroxylation sites is 1. The van der Waals surface area contributed by atoms with Gasteiger partial charge in [0.1, 0.15) is 0 Å². The summed E-state index contributed by atoms with van der Waals surface area (Å²) in [6.07, 6.45) is 0. The van der Waals surface area contributed by atoms with Crippen LogP contribution in [0, 0.1) is 0 Å². The summed E-state index contributed by atoms with van der Waals surface area (Å²) in [5, 5.41) is 3.34. The number of piperazine rings is 1. The van der Waals surface area contributed by atoms with Crippen molar-refractivity contribution in [1.82, 2.24) is 10.2 Å². The van der Waals surface area contributed by atoms with Crippen molar-refractivity contribution in [1.29, 1.82) is 0 Å². The average Bonchev–Trinajstić information content (AvgIpc) is 2.39. The molecule has 1 heterocycles. The van der Waals surface area contributed by atoms with Gasteiger partial charge >= 0.3 is 0 Å². The first-order valence-corrected chi connectivity index (χ1v) is 7.32. The van der Waals surface area contributed by atoms with Gasteiger partial charge in [0.15, 0.2) is 0 Å². The molecule has 1 aliphatic heterocycles. The summed E-state index contributed by atoms with van der Waals surface area (Å²) in [5.74, 6) is 0.575. The van der Waals surface area contributed by atoms with Crippen LogP contribution in [-0.4, -0.2) is 51.2 Å². The van der Waals surface area contributed by atoms with E-state index < -0.39 is 0 Å². The predicted molar refractivity (Wildman–Crippen MR) is 83.1 cm³/mol. The van der Waals surface area contributed by atoms with Crippen LogP contribution in [0.15, 0.2) is 24.3 Å². The van der Waals surface area contributed by atoms with Gasteiger partial charge < -0.3 is 15.1 Å². The Morgan fingerprint density at radius 2 is 2.00 bits per heavy atom. The molecule has 3 heteroatoms. The molecule has 0 aromatic heterocycles. The van der Waals surface area contributed by atoms with Crippen molar-refractivity contribution < 1.29 is 0 Å². The molecule has 1 atom stereocenters. The fourth-order valence-corrected chi connectivity index (χ4v) is 2.98. The zero-order valence-corrected chi connectivity index (χ0v) is 12.7. The van der Waals surface area contributed by atoms with Gasteiger partial charge in [-0.1, -0.05) is 32.0 Å². The summed E-state index contributed by atoms with van der Waals surface area (Å²) >= 11 is 0. The molecular weight excluding hydrogens is 234 g/mol. The Kier molecular flexibility index (Phi) is 4.83. The maximum Gasteiger partial charge on any atom is 0.0541 e. The molecule has 1 aromatic carbocycles. The Hall–Kier alpha value is -1.06. The highest BCUT2D eigenvalue weighted by atomic mass is 15.3. The second-order valence-electron chi connectivity index (χ2n) is 5.88. The molecule has 19 heavy (non-hydrogen) atoms. The standard InChI is InChI=1S/C16H27N3/c1-13(2)15-7-5-6-8-16(15)19-10-9-18(4)12-14(19)11-17-3/h5-8,13-14,17H,9-12H2,1-4H3. The van der Waals surface area contributed by atoms with Gasteiger partial charge in [0.2, 0.25) is 0 Å². The van der Waals surface area contributed by atoms with Crippen LogP contribution in [0.25, 0.3) is 0 Å². The van der Waals surface area contributed by atoms with Gasteiger partial charge in [0, 0.05) is 31.9 Å². The van der Waals surface area contributed by atoms with E-state index in [9.17, 15) is 0 Å². The van der Waals surface area contributed by atoms with Gasteiger partial charge in [-0.2, -0.15) is 0 Å². The zero-order valence-electron chi connectivity index (χ0n) is 12.7. The number of benzene rings is 1. The zero-order chi connectivity index (χ0) is 13.8. The molecular formula is C16H27N3. The molecule has 0 spiro atoms. The smallest absolute Gasteiger partial charge is 0.0541 e. The molecule has 1 aliphatic rings. The van der Waals surface area contributed by atoms with E-state index in [0.29, 0.717) is 12.0 Å². The van der Waals surface area contributed by atoms with Crippen LogP contribution in [0.5, 0.6) is 0 Å². The molecule has 1 saturated heterocycles. The summed E-state index contributed by atoms with van der Waals surface area (Å²) < 4.78 is 0. The van der Waals surface area contributed by atoms with Gasteiger partial charge in [-0.25, -0.2) is 0 Å². The quantitative estimate of drug-likeness (QED) is 0.896. The number of anilines is 1. The van der Waals surface area contributed by atoms with Crippen LogP contribution in [0.2, 0.25) is 0 Å². The molecule has 1 N–H and O–H groups in total. The van der Waals surface area contributed by atoms with E-state index in [1.807, 2.05) is 7.05 Å². The van der Waals surface area contributed by atoms with Crippen LogP contribution in [-0.2, 0) is 0 Å². The predicted octanol–water partition coefficient (Wildman–Crippen LogP) is 2.15. The van der Waals surface area contributed by atoms with Gasteiger partial charge in [-0.05, 0) is 31.6 Å². The number of hydrogen-bond acceptors (Lipinski definition) is 3. The third kappa shape index (κ3) is 3.28. The summed E-state index contributed by atoms with van der Waals surface area (Å²) in [7, 11) is 4.26. The topological polar surface area (TPSA) is 18.5 Å². The maximum absolute atomic E-state index is 3.34. The first-order valence-electron chi connectivity index (χ1n) is 7.32. The third-order valence-electron chi connectivity index (χ3n) is 3.99. The number of nitrogens with one attached hydrogen (secondary N) is 1. The second kappa shape index (κ2) is 6.40. The summed E-state index contributed by atoms with van der Waals surface area (Å²) in [6.45, 7) is 8.99. The molecule has 106 valence electrons. The van der Waals surface area contributed by atoms with Crippen molar-refractivity contribution in [2.24, 2.45) is 0 Å². The van der Waals surface area contributed by atoms with E-state index in [0.717, 1.165) is 26.2 Å². The summed E-state index contributed by atoms with van der Waals surface area (Å²) in [6, 6.07) is 9.43. The number of hydrogen-bond donors (Lipinski definition) is 1. The van der Waals surface area contributed by atoms with E-state index in [4.69, 9.17) is 0 Å². The lowest BCUT2D eigenvalue weighted by molar-refractivity contribution is 0.264. The van der Waals surface area contributed by atoms with Crippen LogP contribution in [0.4, 0.5) is 5.69 Å². The largest absolute Gasteiger partial charge is 0.364 e. The lowest BCUT2D eigenvalue weighted by Crippen LogP contribution is -2.55. The molecule has 0 aliphatic carbocycles. The van der Waals surface area contributed by atoms with Crippen molar-refractivity contribution in [3.05, 3.63) is 29.8 Å². The first kappa shape index (κ1) is 14.4. The molecule has 0 radical (unpaired) electrons. The van der Waals surface area contributed by atoms with E-state index in [-0.39, 0.29) is 0 Å². The highest BCUT2D eigenvalue weighted by molar-refractivity contribution is 5.56. The summed E-state index contributed by atoms with van der Waals surface area (Å²) in [5.41, 5.74) is 2.89. The average molecular weight is 261 g/mol. The molecule has 3 nitrogen and oxygen atoms in total. The van der Waals surface area contributed by atoms with Crippen molar-refractivity contribution >= 4 is 5.69 Å². The number of nitrogens with zero attached hydrogens (tertiary/aromatic N) is 2. The minimum atomic E-state index is 0.559. The molecule has 1 unspecified atom stereocenters. The second-order valence-corrected chi connectivity index (χ2v) is 5.88. The number of likely N-dealkylation sites (N-methyl/N-ethyl adjacent to an activating group) is 2. The van der Waals surface area contributed by atoms with Crippen molar-refractivity contribution in [2.45, 2.75) is 25.8 Å². The minimum Gasteiger partial charge on any atom is -0.364 e. The van der Waals surface area contributed by atoms with Gasteiger partial charge in [-0.3, -0.25) is 0 Å². The van der Waals surface area contributed by atoms with Gasteiger partial charge in [0.25, 0.3) is 0 Å². The van der Waals surface area contributed by atoms with Crippen molar-refractivity contribution in [3.8, 4) is 0 Å². The minimum absolute atomic E-state index is 0.559. The van der Waals surface area contributed by atoms with Crippen LogP contribution < -0.4 is 10.2 Å². The van der Waals surface area contributed by atoms with E-state index in [1.165, 1.54) is 11.3 Å². The first-order chi connectivity index (χ1) is 9.13. The Balaban J connectivity index is 2.28. The van der Waals surface area contributed by atoms with Crippen molar-refractivity contribution in [3.63, 3.8) is 0 Å². The lowest BCUT2D eigenvalue weighted by Gasteiger charge is -2.42. The highest BCUT2D eigenvalue weighted by Gasteiger charge is 2.26. The number of rotatable bonds is 4. The van der Waals surface area contributed by atoms with E-state index >= 15 is 0 Å². The molecule has 0 bridgehead atoms. The fourth-order valence-electron chi connectivity index (χ4n) is 2.98. The van der Waals surface area contributed by atoms with Crippen LogP contribution in [0.3, 0.4) is 0 Å². The van der Waals surface area contributed by atoms with Gasteiger partial charge in [0.05, 0.1) is 6.04 Å². The van der Waals surface area contributed by atoms with Crippen LogP contribution >= 0.6 is 0 Å². The molecule has 2 rings (SSSR count). The third-order valence-corrected chi connectivity index (χ3v) is 3.99. The monoisotopic (exact) mass is 261 g/mol. The molecule has 0 amide bonds. The Bertz CT molecular complexity index is 403. The lowest BCUT2D eigenvalue weighted by atomic mass is 9.98. The van der Waals surface area contributed by atoms with Crippen molar-refractivity contribution in [2.75, 3.05) is 45.2 Å². The normalized spacial score (nSPS) is 21.1. The van der Waals surface area contributed by atoms with E-state index in [1.54, 1.807) is 0 Å². The van der Waals surface area contributed by atoms with E-state index in [2.05, 4.69) is 60.3 Å². The van der Waals surface area contributed by atoms with Crippen LogP contribution in [0.1, 0.15) is 25.3 Å². The Labute approximate surface area is 117 Å². The Morgan fingerprint density at radius 1 is 1.26 bits per heavy atom. The molecule has 0 saturated carbocycles.